The molecule has 6 rings (SSSR count). The molecule has 5 heterocycles. The molecule has 3 aromatic rings. The van der Waals surface area contributed by atoms with Crippen molar-refractivity contribution in [3.63, 3.8) is 0 Å². The number of carbonyl (C=O) groups excluding carboxylic acids is 2. The Labute approximate surface area is 247 Å². The second-order valence-corrected chi connectivity index (χ2v) is 11.9. The highest BCUT2D eigenvalue weighted by Gasteiger charge is 2.45. The molecule has 2 aliphatic heterocycles. The summed E-state index contributed by atoms with van der Waals surface area (Å²) in [5, 5.41) is 17.1. The first-order valence-electron chi connectivity index (χ1n) is 14.5. The van der Waals surface area contributed by atoms with Crippen molar-refractivity contribution in [2.75, 3.05) is 19.8 Å². The number of imidazole rings is 1. The van der Waals surface area contributed by atoms with Gasteiger partial charge in [0.05, 0.1) is 41.8 Å². The predicted octanol–water partition coefficient (Wildman–Crippen LogP) is 3.47. The molecular formula is C27H31F5N8O4. The number of piperidine rings is 1. The summed E-state index contributed by atoms with van der Waals surface area (Å²) in [5.74, 6) is -6.98. The van der Waals surface area contributed by atoms with Crippen molar-refractivity contribution in [3.05, 3.63) is 34.7 Å². The fraction of sp³-hybridized carbons (Fsp3) is 0.667. The summed E-state index contributed by atoms with van der Waals surface area (Å²) >= 11 is 0. The quantitative estimate of drug-likeness (QED) is 0.376. The van der Waals surface area contributed by atoms with E-state index in [0.717, 1.165) is 0 Å². The fourth-order valence-corrected chi connectivity index (χ4v) is 6.29. The van der Waals surface area contributed by atoms with Gasteiger partial charge in [-0.15, -0.1) is 0 Å². The Hall–Kier alpha value is -3.76. The first kappa shape index (κ1) is 30.3. The summed E-state index contributed by atoms with van der Waals surface area (Å²) < 4.78 is 80.1. The summed E-state index contributed by atoms with van der Waals surface area (Å²) in [7, 11) is 0. The number of halogens is 5. The molecule has 0 aromatic carbocycles. The van der Waals surface area contributed by atoms with Gasteiger partial charge < -0.3 is 15.4 Å². The molecule has 238 valence electrons. The molecule has 44 heavy (non-hydrogen) atoms. The van der Waals surface area contributed by atoms with Crippen LogP contribution in [0.1, 0.15) is 83.7 Å². The van der Waals surface area contributed by atoms with Crippen molar-refractivity contribution in [2.45, 2.75) is 75.9 Å². The van der Waals surface area contributed by atoms with Crippen LogP contribution in [0.4, 0.5) is 22.0 Å². The van der Waals surface area contributed by atoms with Gasteiger partial charge in [-0.25, -0.2) is 27.9 Å². The SMILES string of the molecule is Cc1nonc1C(=O)N[C@H](c1cn2nc(C[C@H]3C[C@@H](C(F)(F)F)CNC3=O)c(C3CCOC3)nc2n1)C1CCC(F)(F)CC1. The van der Waals surface area contributed by atoms with E-state index in [9.17, 15) is 31.5 Å². The number of fused-ring (bicyclic) bond motifs is 1. The molecule has 0 radical (unpaired) electrons. The van der Waals surface area contributed by atoms with Gasteiger partial charge in [-0.3, -0.25) is 9.59 Å². The van der Waals surface area contributed by atoms with Crippen molar-refractivity contribution >= 4 is 17.6 Å². The Morgan fingerprint density at radius 1 is 1.20 bits per heavy atom. The van der Waals surface area contributed by atoms with Crippen LogP contribution in [0.5, 0.6) is 0 Å². The lowest BCUT2D eigenvalue weighted by atomic mass is 9.81. The molecule has 2 N–H and O–H groups in total. The minimum absolute atomic E-state index is 0.0510. The van der Waals surface area contributed by atoms with Gasteiger partial charge >= 0.3 is 6.18 Å². The Morgan fingerprint density at radius 2 is 1.98 bits per heavy atom. The molecule has 17 heteroatoms. The first-order chi connectivity index (χ1) is 20.9. The molecule has 1 unspecified atom stereocenters. The van der Waals surface area contributed by atoms with Crippen molar-refractivity contribution in [3.8, 4) is 0 Å². The van der Waals surface area contributed by atoms with Gasteiger partial charge in [0.2, 0.25) is 11.8 Å². The topological polar surface area (TPSA) is 149 Å². The highest BCUT2D eigenvalue weighted by atomic mass is 19.4. The zero-order valence-corrected chi connectivity index (χ0v) is 23.7. The molecule has 12 nitrogen and oxygen atoms in total. The summed E-state index contributed by atoms with van der Waals surface area (Å²) in [6.45, 7) is 1.86. The number of aromatic nitrogens is 6. The zero-order valence-electron chi connectivity index (χ0n) is 23.7. The van der Waals surface area contributed by atoms with Crippen molar-refractivity contribution < 1.29 is 40.9 Å². The van der Waals surface area contributed by atoms with E-state index in [0.29, 0.717) is 36.7 Å². The molecule has 2 saturated heterocycles. The number of amides is 2. The van der Waals surface area contributed by atoms with Crippen LogP contribution < -0.4 is 10.6 Å². The number of carbonyl (C=O) groups is 2. The lowest BCUT2D eigenvalue weighted by molar-refractivity contribution is -0.183. The first-order valence-corrected chi connectivity index (χ1v) is 14.5. The fourth-order valence-electron chi connectivity index (χ4n) is 6.29. The highest BCUT2D eigenvalue weighted by Crippen LogP contribution is 2.42. The number of nitrogens with one attached hydrogen (secondary N) is 2. The lowest BCUT2D eigenvalue weighted by Crippen LogP contribution is -2.47. The number of hydrogen-bond acceptors (Lipinski definition) is 9. The van der Waals surface area contributed by atoms with Crippen molar-refractivity contribution in [2.24, 2.45) is 17.8 Å². The van der Waals surface area contributed by atoms with Gasteiger partial charge in [0, 0.05) is 44.2 Å². The number of aryl methyl sites for hydroxylation is 1. The Balaban J connectivity index is 1.35. The molecule has 1 saturated carbocycles. The minimum Gasteiger partial charge on any atom is -0.381 e. The van der Waals surface area contributed by atoms with Crippen LogP contribution in [0.25, 0.3) is 5.78 Å². The van der Waals surface area contributed by atoms with Crippen LogP contribution in [-0.4, -0.2) is 73.6 Å². The van der Waals surface area contributed by atoms with Gasteiger partial charge in [-0.1, -0.05) is 5.16 Å². The highest BCUT2D eigenvalue weighted by molar-refractivity contribution is 5.93. The average molecular weight is 627 g/mol. The molecule has 2 amide bonds. The van der Waals surface area contributed by atoms with Crippen LogP contribution in [0, 0.1) is 24.7 Å². The molecule has 4 atom stereocenters. The number of ether oxygens (including phenoxy) is 1. The summed E-state index contributed by atoms with van der Waals surface area (Å²) in [4.78, 5) is 35.1. The summed E-state index contributed by atoms with van der Waals surface area (Å²) in [6, 6.07) is -0.809. The van der Waals surface area contributed by atoms with E-state index in [-0.39, 0.29) is 61.6 Å². The van der Waals surface area contributed by atoms with Crippen LogP contribution in [0.2, 0.25) is 0 Å². The number of alkyl halides is 5. The van der Waals surface area contributed by atoms with E-state index < -0.39 is 54.3 Å². The molecule has 3 aliphatic rings. The van der Waals surface area contributed by atoms with Gasteiger partial charge in [0.25, 0.3) is 11.7 Å². The average Bonchev–Trinajstić information content (AvgIpc) is 3.73. The normalized spacial score (nSPS) is 25.2. The number of nitrogens with zero attached hydrogens (tertiary/aromatic N) is 6. The molecule has 3 aromatic heterocycles. The molecule has 0 spiro atoms. The van der Waals surface area contributed by atoms with Gasteiger partial charge in [0.15, 0.2) is 5.69 Å². The maximum Gasteiger partial charge on any atom is 0.393 e. The Kier molecular flexibility index (Phi) is 8.00. The zero-order chi connectivity index (χ0) is 31.2. The Bertz CT molecular complexity index is 1530. The lowest BCUT2D eigenvalue weighted by Gasteiger charge is -2.33. The molecule has 0 bridgehead atoms. The maximum absolute atomic E-state index is 14.0. The summed E-state index contributed by atoms with van der Waals surface area (Å²) in [5.41, 5.74) is 1.35. The molecule has 3 fully saturated rings. The van der Waals surface area contributed by atoms with E-state index in [1.807, 2.05) is 0 Å². The largest absolute Gasteiger partial charge is 0.393 e. The second kappa shape index (κ2) is 11.6. The van der Waals surface area contributed by atoms with Crippen molar-refractivity contribution in [1.29, 1.82) is 0 Å². The smallest absolute Gasteiger partial charge is 0.381 e. The predicted molar refractivity (Wildman–Crippen MR) is 139 cm³/mol. The van der Waals surface area contributed by atoms with Gasteiger partial charge in [-0.05, 0) is 43.7 Å². The van der Waals surface area contributed by atoms with Crippen LogP contribution in [-0.2, 0) is 16.0 Å². The van der Waals surface area contributed by atoms with E-state index in [2.05, 4.69) is 35.7 Å². The van der Waals surface area contributed by atoms with Gasteiger partial charge in [-0.2, -0.15) is 18.3 Å². The minimum atomic E-state index is -4.45. The number of hydrogen-bond donors (Lipinski definition) is 2. The van der Waals surface area contributed by atoms with E-state index >= 15 is 0 Å². The monoisotopic (exact) mass is 626 g/mol. The van der Waals surface area contributed by atoms with E-state index in [1.54, 1.807) is 6.92 Å². The third-order valence-corrected chi connectivity index (χ3v) is 8.82. The van der Waals surface area contributed by atoms with Gasteiger partial charge in [0.1, 0.15) is 5.69 Å². The Morgan fingerprint density at radius 3 is 2.64 bits per heavy atom. The maximum atomic E-state index is 14.0. The standard InChI is InChI=1S/C27H31F5N8O4/c1-13-20(39-44-38-13)24(42)35-21(14-2-5-26(28,29)6-3-14)19-11-40-25(34-19)36-22(15-4-7-43-12-15)18(37-40)9-16-8-17(27(30,31)32)10-33-23(16)41/h11,14-17,21H,2-10,12H2,1H3,(H,33,41)(H,35,42)/t15?,16-,17-,21+/m1/s1. The van der Waals surface area contributed by atoms with E-state index in [4.69, 9.17) is 9.72 Å². The summed E-state index contributed by atoms with van der Waals surface area (Å²) in [6.07, 6.45) is -3.23. The van der Waals surface area contributed by atoms with Crippen LogP contribution in [0.15, 0.2) is 10.8 Å². The number of rotatable bonds is 7. The molecule has 1 aliphatic carbocycles. The third-order valence-electron chi connectivity index (χ3n) is 8.82. The van der Waals surface area contributed by atoms with Crippen LogP contribution >= 0.6 is 0 Å². The van der Waals surface area contributed by atoms with Crippen molar-refractivity contribution in [1.82, 2.24) is 40.5 Å². The van der Waals surface area contributed by atoms with E-state index in [1.165, 1.54) is 10.7 Å². The third kappa shape index (κ3) is 6.23. The second-order valence-electron chi connectivity index (χ2n) is 11.9. The van der Waals surface area contributed by atoms with Crippen LogP contribution in [0.3, 0.4) is 0 Å². The molecular weight excluding hydrogens is 595 g/mol.